The van der Waals surface area contributed by atoms with Crippen LogP contribution < -0.4 is 16.4 Å². The van der Waals surface area contributed by atoms with Crippen LogP contribution in [0.1, 0.15) is 20.8 Å². The highest BCUT2D eigenvalue weighted by Gasteiger charge is 2.14. The van der Waals surface area contributed by atoms with E-state index in [0.29, 0.717) is 5.69 Å². The SMILES string of the molecule is CC(C)(C)NC(=O)CNc1ccc2scnc2c1N. The molecule has 0 radical (unpaired) electrons. The lowest BCUT2D eigenvalue weighted by atomic mass is 10.1. The van der Waals surface area contributed by atoms with Gasteiger partial charge in [0.05, 0.1) is 28.1 Å². The summed E-state index contributed by atoms with van der Waals surface area (Å²) in [4.78, 5) is 15.9. The van der Waals surface area contributed by atoms with E-state index in [1.54, 1.807) is 16.8 Å². The number of rotatable bonds is 3. The molecule has 1 aromatic heterocycles. The smallest absolute Gasteiger partial charge is 0.239 e. The summed E-state index contributed by atoms with van der Waals surface area (Å²) in [6.45, 7) is 6.03. The van der Waals surface area contributed by atoms with E-state index in [2.05, 4.69) is 15.6 Å². The molecule has 0 atom stereocenters. The molecule has 0 bridgehead atoms. The molecule has 1 amide bonds. The summed E-state index contributed by atoms with van der Waals surface area (Å²) in [5.74, 6) is -0.0646. The van der Waals surface area contributed by atoms with Crippen LogP contribution in [0.4, 0.5) is 11.4 Å². The molecule has 5 nitrogen and oxygen atoms in total. The van der Waals surface area contributed by atoms with Crippen molar-refractivity contribution >= 4 is 38.8 Å². The van der Waals surface area contributed by atoms with Crippen LogP contribution >= 0.6 is 11.3 Å². The van der Waals surface area contributed by atoms with Gasteiger partial charge in [-0.2, -0.15) is 0 Å². The van der Waals surface area contributed by atoms with Crippen LogP contribution in [0, 0.1) is 0 Å². The molecule has 0 aliphatic heterocycles. The molecule has 19 heavy (non-hydrogen) atoms. The summed E-state index contributed by atoms with van der Waals surface area (Å²) in [5, 5.41) is 5.93. The Labute approximate surface area is 116 Å². The van der Waals surface area contributed by atoms with Gasteiger partial charge in [0.2, 0.25) is 5.91 Å². The first kappa shape index (κ1) is 13.6. The van der Waals surface area contributed by atoms with E-state index in [-0.39, 0.29) is 18.0 Å². The summed E-state index contributed by atoms with van der Waals surface area (Å²) in [6, 6.07) is 3.83. The Balaban J connectivity index is 2.06. The Morgan fingerprint density at radius 3 is 2.84 bits per heavy atom. The minimum absolute atomic E-state index is 0.0646. The number of fused-ring (bicyclic) bond motifs is 1. The van der Waals surface area contributed by atoms with E-state index in [0.717, 1.165) is 15.9 Å². The maximum Gasteiger partial charge on any atom is 0.239 e. The van der Waals surface area contributed by atoms with E-state index >= 15 is 0 Å². The van der Waals surface area contributed by atoms with Gasteiger partial charge in [0.25, 0.3) is 0 Å². The van der Waals surface area contributed by atoms with Gasteiger partial charge in [0.1, 0.15) is 5.52 Å². The van der Waals surface area contributed by atoms with Crippen molar-refractivity contribution in [2.24, 2.45) is 0 Å². The number of nitrogen functional groups attached to an aromatic ring is 1. The molecule has 1 heterocycles. The first-order chi connectivity index (χ1) is 8.87. The van der Waals surface area contributed by atoms with Gasteiger partial charge in [-0.15, -0.1) is 11.3 Å². The third-order valence-corrected chi connectivity index (χ3v) is 3.29. The predicted octanol–water partition coefficient (Wildman–Crippen LogP) is 2.21. The third kappa shape index (κ3) is 3.35. The van der Waals surface area contributed by atoms with E-state index in [4.69, 9.17) is 5.73 Å². The number of thiazole rings is 1. The standard InChI is InChI=1S/C13H18N4OS/c1-13(2,3)17-10(18)6-15-8-4-5-9-12(11(8)14)16-7-19-9/h4-5,7,15H,6,14H2,1-3H3,(H,17,18). The summed E-state index contributed by atoms with van der Waals surface area (Å²) < 4.78 is 1.04. The topological polar surface area (TPSA) is 80.0 Å². The van der Waals surface area contributed by atoms with Crippen LogP contribution in [-0.4, -0.2) is 23.0 Å². The molecule has 102 valence electrons. The quantitative estimate of drug-likeness (QED) is 0.752. The maximum absolute atomic E-state index is 11.7. The van der Waals surface area contributed by atoms with Gasteiger partial charge in [0.15, 0.2) is 0 Å². The summed E-state index contributed by atoms with van der Waals surface area (Å²) in [5.41, 5.74) is 9.66. The number of benzene rings is 1. The fraction of sp³-hybridized carbons (Fsp3) is 0.385. The number of nitrogens with two attached hydrogens (primary N) is 1. The van der Waals surface area contributed by atoms with Gasteiger partial charge < -0.3 is 16.4 Å². The van der Waals surface area contributed by atoms with Gasteiger partial charge in [-0.1, -0.05) is 0 Å². The van der Waals surface area contributed by atoms with Gasteiger partial charge in [-0.25, -0.2) is 4.98 Å². The van der Waals surface area contributed by atoms with Crippen molar-refractivity contribution in [3.63, 3.8) is 0 Å². The molecule has 2 aromatic rings. The number of carbonyl (C=O) groups is 1. The number of nitrogens with zero attached hydrogens (tertiary/aromatic N) is 1. The van der Waals surface area contributed by atoms with Crippen molar-refractivity contribution in [1.82, 2.24) is 10.3 Å². The fourth-order valence-electron chi connectivity index (χ4n) is 1.74. The van der Waals surface area contributed by atoms with Crippen molar-refractivity contribution in [2.45, 2.75) is 26.3 Å². The number of amides is 1. The molecular weight excluding hydrogens is 260 g/mol. The highest BCUT2D eigenvalue weighted by atomic mass is 32.1. The van der Waals surface area contributed by atoms with E-state index in [9.17, 15) is 4.79 Å². The molecule has 4 N–H and O–H groups in total. The van der Waals surface area contributed by atoms with Gasteiger partial charge in [0, 0.05) is 5.54 Å². The Morgan fingerprint density at radius 2 is 2.16 bits per heavy atom. The first-order valence-electron chi connectivity index (χ1n) is 6.03. The number of anilines is 2. The number of nitrogens with one attached hydrogen (secondary N) is 2. The van der Waals surface area contributed by atoms with E-state index < -0.39 is 0 Å². The Morgan fingerprint density at radius 1 is 1.42 bits per heavy atom. The van der Waals surface area contributed by atoms with Gasteiger partial charge in [-0.3, -0.25) is 4.79 Å². The minimum atomic E-state index is -0.233. The van der Waals surface area contributed by atoms with Crippen molar-refractivity contribution in [3.05, 3.63) is 17.6 Å². The van der Waals surface area contributed by atoms with Crippen molar-refractivity contribution in [3.8, 4) is 0 Å². The molecule has 6 heteroatoms. The highest BCUT2D eigenvalue weighted by molar-refractivity contribution is 7.16. The zero-order chi connectivity index (χ0) is 14.0. The molecule has 0 aliphatic rings. The Bertz CT molecular complexity index is 600. The van der Waals surface area contributed by atoms with E-state index in [1.165, 1.54) is 0 Å². The van der Waals surface area contributed by atoms with Crippen molar-refractivity contribution in [2.75, 3.05) is 17.6 Å². The minimum Gasteiger partial charge on any atom is -0.395 e. The normalized spacial score (nSPS) is 11.5. The maximum atomic E-state index is 11.7. The fourth-order valence-corrected chi connectivity index (χ4v) is 2.44. The Kier molecular flexibility index (Phi) is 3.61. The molecule has 0 saturated carbocycles. The summed E-state index contributed by atoms with van der Waals surface area (Å²) in [6.07, 6.45) is 0. The molecule has 0 fully saturated rings. The van der Waals surface area contributed by atoms with E-state index in [1.807, 2.05) is 32.9 Å². The Hall–Kier alpha value is -1.82. The summed E-state index contributed by atoms with van der Waals surface area (Å²) >= 11 is 1.54. The predicted molar refractivity (Wildman–Crippen MR) is 80.4 cm³/mol. The first-order valence-corrected chi connectivity index (χ1v) is 6.91. The lowest BCUT2D eigenvalue weighted by Crippen LogP contribution is -2.43. The average molecular weight is 278 g/mol. The lowest BCUT2D eigenvalue weighted by Gasteiger charge is -2.21. The molecular formula is C13H18N4OS. The molecule has 0 aliphatic carbocycles. The largest absolute Gasteiger partial charge is 0.395 e. The van der Waals surface area contributed by atoms with Crippen LogP contribution in [0.5, 0.6) is 0 Å². The lowest BCUT2D eigenvalue weighted by molar-refractivity contribution is -0.120. The van der Waals surface area contributed by atoms with Crippen LogP contribution in [0.15, 0.2) is 17.6 Å². The monoisotopic (exact) mass is 278 g/mol. The van der Waals surface area contributed by atoms with Crippen LogP contribution in [0.25, 0.3) is 10.2 Å². The zero-order valence-electron chi connectivity index (χ0n) is 11.3. The highest BCUT2D eigenvalue weighted by Crippen LogP contribution is 2.29. The number of hydrogen-bond acceptors (Lipinski definition) is 5. The molecule has 0 unspecified atom stereocenters. The van der Waals surface area contributed by atoms with Gasteiger partial charge in [-0.05, 0) is 32.9 Å². The van der Waals surface area contributed by atoms with Crippen molar-refractivity contribution in [1.29, 1.82) is 0 Å². The summed E-state index contributed by atoms with van der Waals surface area (Å²) in [7, 11) is 0. The number of hydrogen-bond donors (Lipinski definition) is 3. The second-order valence-electron chi connectivity index (χ2n) is 5.38. The zero-order valence-corrected chi connectivity index (χ0v) is 12.1. The second kappa shape index (κ2) is 5.05. The number of aromatic nitrogens is 1. The third-order valence-electron chi connectivity index (χ3n) is 2.50. The van der Waals surface area contributed by atoms with Crippen molar-refractivity contribution < 1.29 is 4.79 Å². The van der Waals surface area contributed by atoms with Crippen LogP contribution in [0.2, 0.25) is 0 Å². The molecule has 1 aromatic carbocycles. The van der Waals surface area contributed by atoms with Crippen LogP contribution in [0.3, 0.4) is 0 Å². The van der Waals surface area contributed by atoms with Crippen LogP contribution in [-0.2, 0) is 4.79 Å². The molecule has 0 spiro atoms. The second-order valence-corrected chi connectivity index (χ2v) is 6.26. The number of carbonyl (C=O) groups excluding carboxylic acids is 1. The van der Waals surface area contributed by atoms with Gasteiger partial charge >= 0.3 is 0 Å². The average Bonchev–Trinajstić information content (AvgIpc) is 2.74. The molecule has 2 rings (SSSR count). The molecule has 0 saturated heterocycles.